The number of hydrogen-bond acceptors (Lipinski definition) is 4. The maximum atomic E-state index is 5.82. The van der Waals surface area contributed by atoms with E-state index in [9.17, 15) is 0 Å². The predicted octanol–water partition coefficient (Wildman–Crippen LogP) is 2.26. The van der Waals surface area contributed by atoms with Gasteiger partial charge in [-0.15, -0.1) is 0 Å². The van der Waals surface area contributed by atoms with Gasteiger partial charge in [-0.2, -0.15) is 0 Å². The third-order valence-electron chi connectivity index (χ3n) is 2.80. The van der Waals surface area contributed by atoms with Crippen LogP contribution < -0.4 is 15.8 Å². The largest absolute Gasteiger partial charge is 0.494 e. The molecule has 1 aromatic carbocycles. The molecule has 1 aliphatic rings. The zero-order chi connectivity index (χ0) is 12.1. The van der Waals surface area contributed by atoms with Crippen LogP contribution in [0, 0.1) is 0 Å². The molecule has 1 fully saturated rings. The first-order valence-electron chi connectivity index (χ1n) is 6.17. The summed E-state index contributed by atoms with van der Waals surface area (Å²) < 4.78 is 11.0. The van der Waals surface area contributed by atoms with Crippen molar-refractivity contribution in [2.75, 3.05) is 30.8 Å². The molecule has 0 saturated carbocycles. The van der Waals surface area contributed by atoms with Crippen LogP contribution in [0.25, 0.3) is 0 Å². The van der Waals surface area contributed by atoms with Crippen molar-refractivity contribution in [2.24, 2.45) is 0 Å². The fourth-order valence-corrected chi connectivity index (χ4v) is 2.01. The molecule has 1 atom stereocenters. The summed E-state index contributed by atoms with van der Waals surface area (Å²) in [5, 5.41) is 3.34. The van der Waals surface area contributed by atoms with E-state index in [2.05, 4.69) is 5.32 Å². The van der Waals surface area contributed by atoms with Crippen molar-refractivity contribution in [3.8, 4) is 5.75 Å². The topological polar surface area (TPSA) is 56.5 Å². The van der Waals surface area contributed by atoms with Crippen molar-refractivity contribution in [2.45, 2.75) is 25.9 Å². The van der Waals surface area contributed by atoms with Crippen molar-refractivity contribution in [1.29, 1.82) is 0 Å². The highest BCUT2D eigenvalue weighted by atomic mass is 16.5. The summed E-state index contributed by atoms with van der Waals surface area (Å²) in [6, 6.07) is 5.72. The van der Waals surface area contributed by atoms with Crippen LogP contribution in [0.1, 0.15) is 19.8 Å². The number of benzene rings is 1. The minimum atomic E-state index is 0.326. The second-order valence-electron chi connectivity index (χ2n) is 4.24. The molecule has 0 radical (unpaired) electrons. The Bertz CT molecular complexity index is 362. The van der Waals surface area contributed by atoms with Gasteiger partial charge in [0.2, 0.25) is 0 Å². The fourth-order valence-electron chi connectivity index (χ4n) is 2.01. The minimum Gasteiger partial charge on any atom is -0.494 e. The Kier molecular flexibility index (Phi) is 4.09. The molecule has 94 valence electrons. The number of rotatable bonds is 5. The summed E-state index contributed by atoms with van der Waals surface area (Å²) in [6.07, 6.45) is 2.62. The zero-order valence-electron chi connectivity index (χ0n) is 10.2. The lowest BCUT2D eigenvalue weighted by Gasteiger charge is -2.13. The smallest absolute Gasteiger partial charge is 0.123 e. The summed E-state index contributed by atoms with van der Waals surface area (Å²) in [7, 11) is 0. The number of nitrogens with one attached hydrogen (secondary N) is 1. The van der Waals surface area contributed by atoms with Gasteiger partial charge in [0, 0.05) is 36.7 Å². The van der Waals surface area contributed by atoms with E-state index in [1.165, 1.54) is 0 Å². The minimum absolute atomic E-state index is 0.326. The van der Waals surface area contributed by atoms with E-state index in [4.69, 9.17) is 15.2 Å². The van der Waals surface area contributed by atoms with E-state index < -0.39 is 0 Å². The van der Waals surface area contributed by atoms with E-state index in [-0.39, 0.29) is 0 Å². The summed E-state index contributed by atoms with van der Waals surface area (Å²) >= 11 is 0. The summed E-state index contributed by atoms with van der Waals surface area (Å²) in [5.74, 6) is 0.808. The summed E-state index contributed by atoms with van der Waals surface area (Å²) in [5.41, 5.74) is 7.53. The highest BCUT2D eigenvalue weighted by molar-refractivity contribution is 5.59. The average molecular weight is 236 g/mol. The van der Waals surface area contributed by atoms with Gasteiger partial charge in [-0.25, -0.2) is 0 Å². The van der Waals surface area contributed by atoms with Crippen LogP contribution in [-0.4, -0.2) is 25.9 Å². The van der Waals surface area contributed by atoms with Gasteiger partial charge >= 0.3 is 0 Å². The first-order chi connectivity index (χ1) is 8.28. The van der Waals surface area contributed by atoms with Crippen molar-refractivity contribution in [3.05, 3.63) is 18.2 Å². The maximum Gasteiger partial charge on any atom is 0.123 e. The summed E-state index contributed by atoms with van der Waals surface area (Å²) in [4.78, 5) is 0. The molecule has 1 aromatic rings. The van der Waals surface area contributed by atoms with Crippen LogP contribution in [-0.2, 0) is 4.74 Å². The molecule has 1 aliphatic heterocycles. The Morgan fingerprint density at radius 3 is 3.06 bits per heavy atom. The van der Waals surface area contributed by atoms with Crippen LogP contribution >= 0.6 is 0 Å². The van der Waals surface area contributed by atoms with Crippen molar-refractivity contribution < 1.29 is 9.47 Å². The molecule has 0 amide bonds. The first-order valence-corrected chi connectivity index (χ1v) is 6.17. The Labute approximate surface area is 102 Å². The quantitative estimate of drug-likeness (QED) is 0.770. The van der Waals surface area contributed by atoms with Gasteiger partial charge in [-0.1, -0.05) is 0 Å². The number of ether oxygens (including phenoxy) is 2. The number of nitrogens with two attached hydrogens (primary N) is 1. The second kappa shape index (κ2) is 5.77. The SMILES string of the molecule is CCOc1cc(N)cc(NCC2CCCO2)c1. The maximum absolute atomic E-state index is 5.82. The molecule has 0 spiro atoms. The highest BCUT2D eigenvalue weighted by Crippen LogP contribution is 2.23. The van der Waals surface area contributed by atoms with Crippen LogP contribution in [0.5, 0.6) is 5.75 Å². The van der Waals surface area contributed by atoms with Crippen molar-refractivity contribution in [3.63, 3.8) is 0 Å². The van der Waals surface area contributed by atoms with Crippen molar-refractivity contribution >= 4 is 11.4 Å². The van der Waals surface area contributed by atoms with Gasteiger partial charge in [-0.3, -0.25) is 0 Å². The Hall–Kier alpha value is -1.42. The fraction of sp³-hybridized carbons (Fsp3) is 0.538. The lowest BCUT2D eigenvalue weighted by atomic mass is 10.2. The van der Waals surface area contributed by atoms with Gasteiger partial charge in [0.25, 0.3) is 0 Å². The van der Waals surface area contributed by atoms with Gasteiger partial charge in [0.05, 0.1) is 12.7 Å². The molecule has 1 heterocycles. The predicted molar refractivity (Wildman–Crippen MR) is 69.5 cm³/mol. The zero-order valence-corrected chi connectivity index (χ0v) is 10.2. The van der Waals surface area contributed by atoms with E-state index in [1.54, 1.807) is 0 Å². The van der Waals surface area contributed by atoms with Crippen LogP contribution in [0.15, 0.2) is 18.2 Å². The molecule has 0 aromatic heterocycles. The van der Waals surface area contributed by atoms with E-state index in [1.807, 2.05) is 25.1 Å². The van der Waals surface area contributed by atoms with Gasteiger partial charge in [-0.05, 0) is 25.8 Å². The Morgan fingerprint density at radius 1 is 1.47 bits per heavy atom. The molecule has 1 saturated heterocycles. The lowest BCUT2D eigenvalue weighted by Crippen LogP contribution is -2.18. The van der Waals surface area contributed by atoms with Gasteiger partial charge in [0.15, 0.2) is 0 Å². The van der Waals surface area contributed by atoms with Crippen LogP contribution in [0.3, 0.4) is 0 Å². The lowest BCUT2D eigenvalue weighted by molar-refractivity contribution is 0.120. The van der Waals surface area contributed by atoms with E-state index >= 15 is 0 Å². The first kappa shape index (κ1) is 12.0. The molecule has 17 heavy (non-hydrogen) atoms. The third-order valence-corrected chi connectivity index (χ3v) is 2.80. The van der Waals surface area contributed by atoms with Crippen molar-refractivity contribution in [1.82, 2.24) is 0 Å². The molecule has 0 bridgehead atoms. The molecule has 0 aliphatic carbocycles. The number of anilines is 2. The van der Waals surface area contributed by atoms with Crippen LogP contribution in [0.2, 0.25) is 0 Å². The number of nitrogen functional groups attached to an aromatic ring is 1. The molecule has 1 unspecified atom stereocenters. The average Bonchev–Trinajstić information content (AvgIpc) is 2.79. The van der Waals surface area contributed by atoms with E-state index in [0.717, 1.165) is 37.4 Å². The van der Waals surface area contributed by atoms with Gasteiger partial charge < -0.3 is 20.5 Å². The Balaban J connectivity index is 1.94. The molecule has 4 heteroatoms. The molecular weight excluding hydrogens is 216 g/mol. The van der Waals surface area contributed by atoms with Crippen LogP contribution in [0.4, 0.5) is 11.4 Å². The molecular formula is C13H20N2O2. The standard InChI is InChI=1S/C13H20N2O2/c1-2-16-13-7-10(14)6-11(8-13)15-9-12-4-3-5-17-12/h6-8,12,15H,2-5,9,14H2,1H3. The third kappa shape index (κ3) is 3.53. The normalized spacial score (nSPS) is 19.2. The summed E-state index contributed by atoms with van der Waals surface area (Å²) in [6.45, 7) is 4.32. The Morgan fingerprint density at radius 2 is 2.35 bits per heavy atom. The monoisotopic (exact) mass is 236 g/mol. The highest BCUT2D eigenvalue weighted by Gasteiger charge is 2.14. The molecule has 2 rings (SSSR count). The van der Waals surface area contributed by atoms with E-state index in [0.29, 0.717) is 18.4 Å². The molecule has 4 nitrogen and oxygen atoms in total. The molecule has 3 N–H and O–H groups in total. The second-order valence-corrected chi connectivity index (χ2v) is 4.24. The number of hydrogen-bond donors (Lipinski definition) is 2. The van der Waals surface area contributed by atoms with Gasteiger partial charge in [0.1, 0.15) is 5.75 Å².